The predicted molar refractivity (Wildman–Crippen MR) is 99.9 cm³/mol. The molecule has 0 aliphatic heterocycles. The van der Waals surface area contributed by atoms with Gasteiger partial charge in [0.25, 0.3) is 5.91 Å². The summed E-state index contributed by atoms with van der Waals surface area (Å²) in [7, 11) is 3.09. The van der Waals surface area contributed by atoms with Gasteiger partial charge in [0.1, 0.15) is 11.3 Å². The fraction of sp³-hybridized carbons (Fsp3) is 0.400. The number of ether oxygens (including phenoxy) is 3. The molecule has 2 unspecified atom stereocenters. The van der Waals surface area contributed by atoms with Crippen molar-refractivity contribution >= 4 is 16.8 Å². The lowest BCUT2D eigenvalue weighted by molar-refractivity contribution is -0.132. The molecule has 0 fully saturated rings. The second kappa shape index (κ2) is 9.18. The van der Waals surface area contributed by atoms with E-state index in [1.165, 1.54) is 7.11 Å². The third-order valence-corrected chi connectivity index (χ3v) is 3.70. The monoisotopic (exact) mass is 356 g/mol. The first-order valence-corrected chi connectivity index (χ1v) is 8.26. The molecule has 1 N–H and O–H groups in total. The largest absolute Gasteiger partial charge is 0.478 e. The van der Waals surface area contributed by atoms with Gasteiger partial charge < -0.3 is 19.5 Å². The maximum atomic E-state index is 12.7. The summed E-state index contributed by atoms with van der Waals surface area (Å²) >= 11 is 0. The van der Waals surface area contributed by atoms with Crippen LogP contribution in [0.25, 0.3) is 10.9 Å². The van der Waals surface area contributed by atoms with Gasteiger partial charge in [-0.2, -0.15) is 0 Å². The second-order valence-electron chi connectivity index (χ2n) is 6.05. The van der Waals surface area contributed by atoms with E-state index in [0.717, 1.165) is 10.9 Å². The first-order valence-electron chi connectivity index (χ1n) is 8.26. The van der Waals surface area contributed by atoms with E-state index >= 15 is 0 Å². The van der Waals surface area contributed by atoms with Gasteiger partial charge in [-0.3, -0.25) is 9.78 Å². The summed E-state index contributed by atoms with van der Waals surface area (Å²) in [6.45, 7) is 3.89. The molecule has 1 aromatic heterocycles. The number of carbonyl (C=O) groups excluding carboxylic acids is 1. The van der Waals surface area contributed by atoms with E-state index in [-0.39, 0.29) is 19.1 Å². The van der Waals surface area contributed by atoms with Crippen molar-refractivity contribution in [3.8, 4) is 17.6 Å². The number of amides is 1. The maximum Gasteiger partial charge on any atom is 0.264 e. The lowest BCUT2D eigenvalue weighted by atomic mass is 10.0. The van der Waals surface area contributed by atoms with E-state index in [2.05, 4.69) is 22.1 Å². The van der Waals surface area contributed by atoms with Crippen molar-refractivity contribution in [1.29, 1.82) is 0 Å². The summed E-state index contributed by atoms with van der Waals surface area (Å²) in [6.07, 6.45) is 0.916. The van der Waals surface area contributed by atoms with Gasteiger partial charge in [-0.15, -0.1) is 5.92 Å². The van der Waals surface area contributed by atoms with Gasteiger partial charge in [0.15, 0.2) is 6.10 Å². The van der Waals surface area contributed by atoms with Crippen LogP contribution in [0, 0.1) is 11.8 Å². The number of nitrogens with zero attached hydrogens (tertiary/aromatic N) is 1. The molecule has 26 heavy (non-hydrogen) atoms. The van der Waals surface area contributed by atoms with Gasteiger partial charge in [0.2, 0.25) is 0 Å². The summed E-state index contributed by atoms with van der Waals surface area (Å²) in [5.41, 5.74) is 0.0574. The van der Waals surface area contributed by atoms with Crippen molar-refractivity contribution in [3.63, 3.8) is 0 Å². The number of hydrogen-bond donors (Lipinski definition) is 1. The Morgan fingerprint density at radius 1 is 1.31 bits per heavy atom. The number of pyridine rings is 1. The molecule has 0 aliphatic carbocycles. The molecule has 0 saturated carbocycles. The molecule has 0 bridgehead atoms. The Bertz CT molecular complexity index is 812. The van der Waals surface area contributed by atoms with Crippen LogP contribution in [-0.4, -0.2) is 50.0 Å². The molecule has 6 nitrogen and oxygen atoms in total. The number of methoxy groups -OCH3 is 2. The van der Waals surface area contributed by atoms with Crippen LogP contribution in [0.1, 0.15) is 13.8 Å². The Balaban J connectivity index is 2.17. The van der Waals surface area contributed by atoms with Gasteiger partial charge in [0, 0.05) is 25.8 Å². The number of rotatable bonds is 8. The van der Waals surface area contributed by atoms with Gasteiger partial charge >= 0.3 is 0 Å². The number of benzene rings is 1. The minimum atomic E-state index is -0.816. The van der Waals surface area contributed by atoms with Gasteiger partial charge in [0.05, 0.1) is 18.7 Å². The number of hydrogen-bond acceptors (Lipinski definition) is 5. The topological polar surface area (TPSA) is 69.7 Å². The third kappa shape index (κ3) is 5.19. The summed E-state index contributed by atoms with van der Waals surface area (Å²) in [4.78, 5) is 17.0. The highest BCUT2D eigenvalue weighted by Gasteiger charge is 2.29. The smallest absolute Gasteiger partial charge is 0.264 e. The number of carbonyl (C=O) groups is 1. The molecule has 1 aromatic carbocycles. The summed E-state index contributed by atoms with van der Waals surface area (Å²) in [5.74, 6) is 6.03. The van der Waals surface area contributed by atoms with Crippen molar-refractivity contribution in [2.75, 3.05) is 27.4 Å². The minimum absolute atomic E-state index is 0.111. The average Bonchev–Trinajstić information content (AvgIpc) is 2.61. The average molecular weight is 356 g/mol. The standard InChI is InChI=1S/C20H24N2O4/c1-5-10-20(2,14-25-4)22-19(23)18(13-24-3)26-16-8-9-17-15(12-16)7-6-11-21-17/h6-9,11-12,18H,13-14H2,1-4H3,(H,22,23). The SMILES string of the molecule is CC#CC(C)(COC)NC(=O)C(COC)Oc1ccc2ncccc2c1. The molecule has 1 heterocycles. The highest BCUT2D eigenvalue weighted by atomic mass is 16.5. The van der Waals surface area contributed by atoms with Gasteiger partial charge in [-0.25, -0.2) is 0 Å². The Labute approximate surface area is 153 Å². The fourth-order valence-corrected chi connectivity index (χ4v) is 2.63. The summed E-state index contributed by atoms with van der Waals surface area (Å²) in [6, 6.07) is 9.27. The number of fused-ring (bicyclic) bond motifs is 1. The zero-order chi connectivity index (χ0) is 19.0. The molecule has 1 amide bonds. The molecule has 2 atom stereocenters. The zero-order valence-electron chi connectivity index (χ0n) is 15.5. The van der Waals surface area contributed by atoms with E-state index < -0.39 is 11.6 Å². The Kier molecular flexibility index (Phi) is 6.96. The van der Waals surface area contributed by atoms with Crippen LogP contribution < -0.4 is 10.1 Å². The molecule has 6 heteroatoms. The third-order valence-electron chi connectivity index (χ3n) is 3.70. The van der Waals surface area contributed by atoms with Crippen molar-refractivity contribution in [2.24, 2.45) is 0 Å². The van der Waals surface area contributed by atoms with E-state index in [1.54, 1.807) is 33.2 Å². The van der Waals surface area contributed by atoms with E-state index in [4.69, 9.17) is 14.2 Å². The van der Waals surface area contributed by atoms with Crippen molar-refractivity contribution in [1.82, 2.24) is 10.3 Å². The van der Waals surface area contributed by atoms with Crippen LogP contribution in [0.15, 0.2) is 36.5 Å². The highest BCUT2D eigenvalue weighted by Crippen LogP contribution is 2.20. The Morgan fingerprint density at radius 2 is 2.12 bits per heavy atom. The van der Waals surface area contributed by atoms with E-state index in [9.17, 15) is 4.79 Å². The first-order chi connectivity index (χ1) is 12.5. The minimum Gasteiger partial charge on any atom is -0.478 e. The highest BCUT2D eigenvalue weighted by molar-refractivity contribution is 5.83. The van der Waals surface area contributed by atoms with Crippen LogP contribution in [0.4, 0.5) is 0 Å². The van der Waals surface area contributed by atoms with Crippen molar-refractivity contribution in [2.45, 2.75) is 25.5 Å². The molecule has 0 spiro atoms. The molecular weight excluding hydrogens is 332 g/mol. The number of nitrogens with one attached hydrogen (secondary N) is 1. The molecule has 0 saturated heterocycles. The van der Waals surface area contributed by atoms with Crippen LogP contribution >= 0.6 is 0 Å². The van der Waals surface area contributed by atoms with Crippen LogP contribution in [0.2, 0.25) is 0 Å². The number of aromatic nitrogens is 1. The van der Waals surface area contributed by atoms with Gasteiger partial charge in [-0.05, 0) is 38.1 Å². The van der Waals surface area contributed by atoms with Crippen LogP contribution in [-0.2, 0) is 14.3 Å². The van der Waals surface area contributed by atoms with Crippen molar-refractivity contribution < 1.29 is 19.0 Å². The lowest BCUT2D eigenvalue weighted by Gasteiger charge is -2.27. The lowest BCUT2D eigenvalue weighted by Crippen LogP contribution is -2.53. The zero-order valence-corrected chi connectivity index (χ0v) is 15.5. The Hall–Kier alpha value is -2.62. The fourth-order valence-electron chi connectivity index (χ4n) is 2.63. The Morgan fingerprint density at radius 3 is 2.81 bits per heavy atom. The molecule has 138 valence electrons. The molecule has 0 aliphatic rings. The second-order valence-corrected chi connectivity index (χ2v) is 6.05. The van der Waals surface area contributed by atoms with Gasteiger partial charge in [-0.1, -0.05) is 12.0 Å². The molecule has 2 rings (SSSR count). The van der Waals surface area contributed by atoms with Crippen LogP contribution in [0.5, 0.6) is 5.75 Å². The summed E-state index contributed by atoms with van der Waals surface area (Å²) < 4.78 is 16.2. The van der Waals surface area contributed by atoms with E-state index in [0.29, 0.717) is 5.75 Å². The first kappa shape index (κ1) is 19.7. The van der Waals surface area contributed by atoms with Crippen LogP contribution in [0.3, 0.4) is 0 Å². The molecule has 0 radical (unpaired) electrons. The van der Waals surface area contributed by atoms with Crippen molar-refractivity contribution in [3.05, 3.63) is 36.5 Å². The predicted octanol–water partition coefficient (Wildman–Crippen LogP) is 2.17. The molecule has 2 aromatic rings. The quantitative estimate of drug-likeness (QED) is 0.734. The maximum absolute atomic E-state index is 12.7. The molecular formula is C20H24N2O4. The summed E-state index contributed by atoms with van der Waals surface area (Å²) in [5, 5.41) is 3.82. The van der Waals surface area contributed by atoms with E-state index in [1.807, 2.05) is 24.3 Å². The normalized spacial score (nSPS) is 14.0.